The summed E-state index contributed by atoms with van der Waals surface area (Å²) >= 11 is 3.00. The summed E-state index contributed by atoms with van der Waals surface area (Å²) in [6, 6.07) is 3.57. The van der Waals surface area contributed by atoms with Crippen LogP contribution in [0, 0.1) is 5.41 Å². The van der Waals surface area contributed by atoms with Gasteiger partial charge in [0, 0.05) is 11.0 Å². The predicted octanol–water partition coefficient (Wildman–Crippen LogP) is 4.39. The van der Waals surface area contributed by atoms with Gasteiger partial charge < -0.3 is 5.32 Å². The number of alkyl halides is 3. The van der Waals surface area contributed by atoms with Gasteiger partial charge in [0.15, 0.2) is 0 Å². The van der Waals surface area contributed by atoms with E-state index in [4.69, 9.17) is 0 Å². The summed E-state index contributed by atoms with van der Waals surface area (Å²) in [5, 5.41) is 2.62. The lowest BCUT2D eigenvalue weighted by molar-refractivity contribution is -0.138. The molecule has 0 saturated heterocycles. The van der Waals surface area contributed by atoms with Gasteiger partial charge in [0.05, 0.1) is 11.1 Å². The monoisotopic (exact) mass is 349 g/mol. The largest absolute Gasteiger partial charge is 0.417 e. The summed E-state index contributed by atoms with van der Waals surface area (Å²) in [5.74, 6) is -0.669. The number of hydrogen-bond acceptors (Lipinski definition) is 1. The number of nitrogens with one attached hydrogen (secondary N) is 1. The average molecular weight is 350 g/mol. The zero-order valence-corrected chi connectivity index (χ0v) is 12.6. The Hall–Kier alpha value is -1.04. The highest BCUT2D eigenvalue weighted by Crippen LogP contribution is 2.39. The van der Waals surface area contributed by atoms with E-state index >= 15 is 0 Å². The molecule has 1 aromatic carbocycles. The number of benzene rings is 1. The van der Waals surface area contributed by atoms with Crippen molar-refractivity contribution in [2.45, 2.75) is 32.4 Å². The fourth-order valence-corrected chi connectivity index (χ4v) is 2.66. The second kappa shape index (κ2) is 5.39. The zero-order valence-electron chi connectivity index (χ0n) is 11.0. The molecule has 110 valence electrons. The van der Waals surface area contributed by atoms with E-state index in [1.54, 1.807) is 0 Å². The van der Waals surface area contributed by atoms with Crippen LogP contribution in [0.3, 0.4) is 0 Å². The second-order valence-corrected chi connectivity index (χ2v) is 6.45. The molecule has 0 atom stereocenters. The molecule has 1 amide bonds. The summed E-state index contributed by atoms with van der Waals surface area (Å²) in [4.78, 5) is 12.0. The third kappa shape index (κ3) is 3.34. The number of hydrogen-bond donors (Lipinski definition) is 1. The molecule has 1 aliphatic rings. The summed E-state index contributed by atoms with van der Waals surface area (Å²) < 4.78 is 39.1. The molecule has 1 saturated carbocycles. The van der Waals surface area contributed by atoms with Crippen molar-refractivity contribution in [3.05, 3.63) is 33.8 Å². The van der Waals surface area contributed by atoms with Crippen molar-refractivity contribution in [2.75, 3.05) is 6.54 Å². The van der Waals surface area contributed by atoms with Crippen LogP contribution in [0.4, 0.5) is 13.2 Å². The summed E-state index contributed by atoms with van der Waals surface area (Å²) in [6.07, 6.45) is -1.44. The van der Waals surface area contributed by atoms with Crippen LogP contribution >= 0.6 is 15.9 Å². The van der Waals surface area contributed by atoms with E-state index in [-0.39, 0.29) is 11.0 Å². The topological polar surface area (TPSA) is 29.1 Å². The summed E-state index contributed by atoms with van der Waals surface area (Å²) in [7, 11) is 0. The Morgan fingerprint density at radius 3 is 2.55 bits per heavy atom. The van der Waals surface area contributed by atoms with Gasteiger partial charge in [0.2, 0.25) is 0 Å². The van der Waals surface area contributed by atoms with Gasteiger partial charge in [0.25, 0.3) is 5.91 Å². The van der Waals surface area contributed by atoms with Crippen LogP contribution in [-0.4, -0.2) is 12.5 Å². The summed E-state index contributed by atoms with van der Waals surface area (Å²) in [6.45, 7) is 2.45. The first-order valence-corrected chi connectivity index (χ1v) is 7.16. The van der Waals surface area contributed by atoms with Crippen molar-refractivity contribution >= 4 is 21.8 Å². The molecule has 0 unspecified atom stereocenters. The van der Waals surface area contributed by atoms with E-state index in [1.807, 2.05) is 6.92 Å². The second-order valence-electron chi connectivity index (χ2n) is 5.53. The standard InChI is InChI=1S/C14H15BrF3NO/c1-13(5-2-6-13)8-19-12(20)10-4-3-9(15)7-11(10)14(16,17)18/h3-4,7H,2,5-6,8H2,1H3,(H,19,20). The van der Waals surface area contributed by atoms with Crippen molar-refractivity contribution in [1.29, 1.82) is 0 Å². The molecular weight excluding hydrogens is 335 g/mol. The first-order chi connectivity index (χ1) is 9.21. The highest BCUT2D eigenvalue weighted by Gasteiger charge is 2.36. The van der Waals surface area contributed by atoms with Gasteiger partial charge >= 0.3 is 6.18 Å². The normalized spacial score (nSPS) is 17.4. The number of halogens is 4. The lowest BCUT2D eigenvalue weighted by Crippen LogP contribution is -2.40. The van der Waals surface area contributed by atoms with Crippen molar-refractivity contribution in [1.82, 2.24) is 5.32 Å². The lowest BCUT2D eigenvalue weighted by atomic mass is 9.70. The van der Waals surface area contributed by atoms with E-state index in [9.17, 15) is 18.0 Å². The Morgan fingerprint density at radius 1 is 1.40 bits per heavy atom. The van der Waals surface area contributed by atoms with Crippen molar-refractivity contribution in [3.8, 4) is 0 Å². The number of carbonyl (C=O) groups is 1. The van der Waals surface area contributed by atoms with Gasteiger partial charge in [-0.2, -0.15) is 13.2 Å². The molecule has 1 N–H and O–H groups in total. The Balaban J connectivity index is 2.17. The van der Waals surface area contributed by atoms with Crippen LogP contribution in [-0.2, 0) is 6.18 Å². The molecule has 1 aliphatic carbocycles. The minimum absolute atomic E-state index is 0.0312. The average Bonchev–Trinajstić information content (AvgIpc) is 2.32. The van der Waals surface area contributed by atoms with Crippen LogP contribution in [0.5, 0.6) is 0 Å². The Morgan fingerprint density at radius 2 is 2.05 bits per heavy atom. The first-order valence-electron chi connectivity index (χ1n) is 6.36. The molecule has 0 heterocycles. The van der Waals surface area contributed by atoms with Gasteiger partial charge in [-0.05, 0) is 36.5 Å². The Labute approximate surface area is 123 Å². The maximum Gasteiger partial charge on any atom is 0.417 e. The molecule has 1 fully saturated rings. The Bertz CT molecular complexity index is 524. The molecule has 2 nitrogen and oxygen atoms in total. The van der Waals surface area contributed by atoms with Crippen LogP contribution in [0.1, 0.15) is 42.1 Å². The minimum Gasteiger partial charge on any atom is -0.351 e. The van der Waals surface area contributed by atoms with E-state index in [0.29, 0.717) is 11.0 Å². The number of carbonyl (C=O) groups excluding carboxylic acids is 1. The molecule has 0 radical (unpaired) electrons. The van der Waals surface area contributed by atoms with Crippen molar-refractivity contribution in [2.24, 2.45) is 5.41 Å². The third-order valence-corrected chi connectivity index (χ3v) is 4.26. The molecule has 0 aromatic heterocycles. The van der Waals surface area contributed by atoms with Crippen molar-refractivity contribution in [3.63, 3.8) is 0 Å². The lowest BCUT2D eigenvalue weighted by Gasteiger charge is -2.38. The highest BCUT2D eigenvalue weighted by molar-refractivity contribution is 9.10. The molecule has 1 aromatic rings. The number of rotatable bonds is 3. The van der Waals surface area contributed by atoms with Gasteiger partial charge in [-0.15, -0.1) is 0 Å². The summed E-state index contributed by atoms with van der Waals surface area (Å²) in [5.41, 5.74) is -1.21. The SMILES string of the molecule is CC1(CNC(=O)c2ccc(Br)cc2C(F)(F)F)CCC1. The molecule has 20 heavy (non-hydrogen) atoms. The third-order valence-electron chi connectivity index (χ3n) is 3.77. The maximum atomic E-state index is 12.9. The molecule has 2 rings (SSSR count). The van der Waals surface area contributed by atoms with Crippen LogP contribution in [0.2, 0.25) is 0 Å². The van der Waals surface area contributed by atoms with E-state index < -0.39 is 17.6 Å². The van der Waals surface area contributed by atoms with Crippen molar-refractivity contribution < 1.29 is 18.0 Å². The van der Waals surface area contributed by atoms with Crippen LogP contribution in [0.15, 0.2) is 22.7 Å². The smallest absolute Gasteiger partial charge is 0.351 e. The zero-order chi connectivity index (χ0) is 15.0. The van der Waals surface area contributed by atoms with E-state index in [1.165, 1.54) is 12.1 Å². The minimum atomic E-state index is -4.54. The van der Waals surface area contributed by atoms with Crippen LogP contribution < -0.4 is 5.32 Å². The highest BCUT2D eigenvalue weighted by atomic mass is 79.9. The van der Waals surface area contributed by atoms with E-state index in [2.05, 4.69) is 21.2 Å². The molecule has 6 heteroatoms. The Kier molecular flexibility index (Phi) is 4.14. The van der Waals surface area contributed by atoms with Gasteiger partial charge in [0.1, 0.15) is 0 Å². The van der Waals surface area contributed by atoms with Crippen LogP contribution in [0.25, 0.3) is 0 Å². The van der Waals surface area contributed by atoms with Gasteiger partial charge in [-0.1, -0.05) is 29.3 Å². The molecule has 0 aliphatic heterocycles. The molecule has 0 spiro atoms. The predicted molar refractivity (Wildman–Crippen MR) is 73.4 cm³/mol. The molecule has 0 bridgehead atoms. The van der Waals surface area contributed by atoms with Gasteiger partial charge in [-0.25, -0.2) is 0 Å². The molecular formula is C14H15BrF3NO. The maximum absolute atomic E-state index is 12.9. The van der Waals surface area contributed by atoms with Gasteiger partial charge in [-0.3, -0.25) is 4.79 Å². The first kappa shape index (κ1) is 15.4. The quantitative estimate of drug-likeness (QED) is 0.861. The fraction of sp³-hybridized carbons (Fsp3) is 0.500. The number of amides is 1. The van der Waals surface area contributed by atoms with E-state index in [0.717, 1.165) is 25.3 Å². The fourth-order valence-electron chi connectivity index (χ4n) is 2.30.